The van der Waals surface area contributed by atoms with Gasteiger partial charge in [-0.25, -0.2) is 4.79 Å². The van der Waals surface area contributed by atoms with Gasteiger partial charge >= 0.3 is 16.2 Å². The second kappa shape index (κ2) is 8.20. The molecule has 154 valence electrons. The monoisotopic (exact) mass is 444 g/mol. The standard InChI is InChI=1S/C19H16N4O5S2/c1-13-15(11-23(30(25,26)22-13)10-14-6-3-2-4-7-14)19(24)27-12-17-20-18(21-28-17)16-8-5-9-29-16/h2-9,11H,10,12H2,1H3. The molecule has 9 nitrogen and oxygen atoms in total. The molecule has 0 amide bonds. The van der Waals surface area contributed by atoms with Crippen molar-refractivity contribution in [1.29, 1.82) is 0 Å². The van der Waals surface area contributed by atoms with E-state index in [1.807, 2.05) is 23.6 Å². The Hall–Kier alpha value is -3.31. The topological polar surface area (TPSA) is 115 Å². The van der Waals surface area contributed by atoms with Crippen LogP contribution >= 0.6 is 11.3 Å². The third-order valence-electron chi connectivity index (χ3n) is 4.15. The van der Waals surface area contributed by atoms with Gasteiger partial charge in [-0.2, -0.15) is 13.4 Å². The van der Waals surface area contributed by atoms with Crippen molar-refractivity contribution < 1.29 is 22.5 Å². The van der Waals surface area contributed by atoms with E-state index in [2.05, 4.69) is 14.5 Å². The van der Waals surface area contributed by atoms with Gasteiger partial charge in [0.15, 0.2) is 6.61 Å². The normalized spacial score (nSPS) is 15.4. The quantitative estimate of drug-likeness (QED) is 0.537. The Kier molecular flexibility index (Phi) is 5.46. The Morgan fingerprint density at radius 3 is 2.73 bits per heavy atom. The predicted octanol–water partition coefficient (Wildman–Crippen LogP) is 2.95. The molecule has 0 aliphatic carbocycles. The number of carbonyl (C=O) groups excluding carboxylic acids is 1. The van der Waals surface area contributed by atoms with Crippen molar-refractivity contribution in [1.82, 2.24) is 14.4 Å². The molecular formula is C19H16N4O5S2. The van der Waals surface area contributed by atoms with Gasteiger partial charge in [0.05, 0.1) is 22.7 Å². The van der Waals surface area contributed by atoms with E-state index < -0.39 is 16.2 Å². The van der Waals surface area contributed by atoms with E-state index in [0.29, 0.717) is 5.82 Å². The zero-order valence-corrected chi connectivity index (χ0v) is 17.4. The minimum atomic E-state index is -3.93. The Labute approximate surface area is 176 Å². The maximum atomic E-state index is 12.5. The molecule has 0 fully saturated rings. The number of rotatable bonds is 6. The molecule has 0 radical (unpaired) electrons. The third-order valence-corrected chi connectivity index (χ3v) is 6.35. The Bertz CT molecular complexity index is 1210. The highest BCUT2D eigenvalue weighted by molar-refractivity contribution is 7.88. The van der Waals surface area contributed by atoms with E-state index in [9.17, 15) is 13.2 Å². The summed E-state index contributed by atoms with van der Waals surface area (Å²) in [6, 6.07) is 12.7. The number of ether oxygens (including phenoxy) is 1. The van der Waals surface area contributed by atoms with Crippen LogP contribution in [0, 0.1) is 0 Å². The van der Waals surface area contributed by atoms with E-state index in [0.717, 1.165) is 14.7 Å². The molecule has 11 heteroatoms. The lowest BCUT2D eigenvalue weighted by molar-refractivity contribution is -0.140. The van der Waals surface area contributed by atoms with Gasteiger partial charge in [0, 0.05) is 6.20 Å². The molecule has 0 atom stereocenters. The molecule has 4 rings (SSSR count). The molecule has 0 saturated carbocycles. The largest absolute Gasteiger partial charge is 0.452 e. The number of thiophene rings is 1. The fourth-order valence-corrected chi connectivity index (χ4v) is 4.44. The zero-order chi connectivity index (χ0) is 21.1. The summed E-state index contributed by atoms with van der Waals surface area (Å²) < 4.78 is 39.8. The van der Waals surface area contributed by atoms with Crippen molar-refractivity contribution in [3.63, 3.8) is 0 Å². The summed E-state index contributed by atoms with van der Waals surface area (Å²) in [7, 11) is -3.93. The number of hydrogen-bond donors (Lipinski definition) is 0. The van der Waals surface area contributed by atoms with E-state index in [1.165, 1.54) is 24.5 Å². The minimum absolute atomic E-state index is 0.0405. The molecule has 30 heavy (non-hydrogen) atoms. The highest BCUT2D eigenvalue weighted by Gasteiger charge is 2.29. The molecule has 0 saturated heterocycles. The zero-order valence-electron chi connectivity index (χ0n) is 15.8. The number of aromatic nitrogens is 2. The lowest BCUT2D eigenvalue weighted by Gasteiger charge is -2.23. The predicted molar refractivity (Wildman–Crippen MR) is 110 cm³/mol. The van der Waals surface area contributed by atoms with E-state index >= 15 is 0 Å². The summed E-state index contributed by atoms with van der Waals surface area (Å²) in [5.74, 6) is -0.197. The number of nitrogens with zero attached hydrogens (tertiary/aromatic N) is 4. The van der Waals surface area contributed by atoms with Gasteiger partial charge in [0.25, 0.3) is 5.89 Å². The molecule has 1 aliphatic rings. The summed E-state index contributed by atoms with van der Waals surface area (Å²) >= 11 is 1.46. The summed E-state index contributed by atoms with van der Waals surface area (Å²) in [4.78, 5) is 17.6. The van der Waals surface area contributed by atoms with Crippen molar-refractivity contribution in [2.45, 2.75) is 20.1 Å². The van der Waals surface area contributed by atoms with Gasteiger partial charge in [0.1, 0.15) is 0 Å². The van der Waals surface area contributed by atoms with Crippen LogP contribution in [0.25, 0.3) is 10.7 Å². The smallest absolute Gasteiger partial charge is 0.344 e. The number of benzene rings is 1. The van der Waals surface area contributed by atoms with Crippen LogP contribution in [0.2, 0.25) is 0 Å². The summed E-state index contributed by atoms with van der Waals surface area (Å²) in [6.45, 7) is 1.24. The van der Waals surface area contributed by atoms with Crippen molar-refractivity contribution in [3.8, 4) is 10.7 Å². The van der Waals surface area contributed by atoms with Crippen molar-refractivity contribution in [3.05, 3.63) is 71.1 Å². The molecule has 1 aromatic carbocycles. The van der Waals surface area contributed by atoms with Crippen LogP contribution in [0.1, 0.15) is 18.4 Å². The highest BCUT2D eigenvalue weighted by Crippen LogP contribution is 2.22. The van der Waals surface area contributed by atoms with Crippen LogP contribution in [0.4, 0.5) is 0 Å². The molecule has 1 aliphatic heterocycles. The van der Waals surface area contributed by atoms with E-state index in [1.54, 1.807) is 24.3 Å². The van der Waals surface area contributed by atoms with Crippen LogP contribution in [0.5, 0.6) is 0 Å². The molecular weight excluding hydrogens is 428 g/mol. The minimum Gasteiger partial charge on any atom is -0.452 e. The first-order valence-corrected chi connectivity index (χ1v) is 11.1. The van der Waals surface area contributed by atoms with Crippen molar-refractivity contribution in [2.24, 2.45) is 4.40 Å². The first-order valence-electron chi connectivity index (χ1n) is 8.80. The second-order valence-corrected chi connectivity index (χ2v) is 8.79. The Morgan fingerprint density at radius 1 is 1.20 bits per heavy atom. The maximum absolute atomic E-state index is 12.5. The average molecular weight is 444 g/mol. The van der Waals surface area contributed by atoms with Crippen molar-refractivity contribution >= 4 is 33.2 Å². The van der Waals surface area contributed by atoms with Gasteiger partial charge in [-0.3, -0.25) is 4.31 Å². The first-order chi connectivity index (χ1) is 14.4. The van der Waals surface area contributed by atoms with Gasteiger partial charge in [-0.1, -0.05) is 41.6 Å². The fraction of sp³-hybridized carbons (Fsp3) is 0.158. The molecule has 0 bridgehead atoms. The molecule has 0 unspecified atom stereocenters. The number of esters is 1. The van der Waals surface area contributed by atoms with Gasteiger partial charge in [-0.05, 0) is 23.9 Å². The van der Waals surface area contributed by atoms with Crippen LogP contribution in [-0.2, 0) is 32.9 Å². The Morgan fingerprint density at radius 2 is 2.00 bits per heavy atom. The van der Waals surface area contributed by atoms with Crippen molar-refractivity contribution in [2.75, 3.05) is 0 Å². The van der Waals surface area contributed by atoms with E-state index in [4.69, 9.17) is 9.26 Å². The average Bonchev–Trinajstić information content (AvgIpc) is 3.40. The fourth-order valence-electron chi connectivity index (χ4n) is 2.69. The SMILES string of the molecule is CC1=NS(=O)(=O)N(Cc2ccccc2)C=C1C(=O)OCc1nc(-c2cccs2)no1. The van der Waals surface area contributed by atoms with Crippen LogP contribution in [0.15, 0.2) is 68.5 Å². The van der Waals surface area contributed by atoms with Crippen LogP contribution in [-0.4, -0.2) is 34.5 Å². The second-order valence-electron chi connectivity index (χ2n) is 6.29. The number of hydrogen-bond acceptors (Lipinski definition) is 8. The maximum Gasteiger partial charge on any atom is 0.344 e. The summed E-state index contributed by atoms with van der Waals surface area (Å²) in [5.41, 5.74) is 0.847. The first kappa shape index (κ1) is 20.0. The Balaban J connectivity index is 1.47. The van der Waals surface area contributed by atoms with Crippen LogP contribution in [0.3, 0.4) is 0 Å². The summed E-state index contributed by atoms with van der Waals surface area (Å²) in [5, 5.41) is 5.74. The van der Waals surface area contributed by atoms with E-state index in [-0.39, 0.29) is 30.3 Å². The van der Waals surface area contributed by atoms with Crippen LogP contribution < -0.4 is 0 Å². The van der Waals surface area contributed by atoms with Gasteiger partial charge in [0.2, 0.25) is 5.82 Å². The summed E-state index contributed by atoms with van der Waals surface area (Å²) in [6.07, 6.45) is 1.23. The lowest BCUT2D eigenvalue weighted by atomic mass is 10.2. The molecule has 0 N–H and O–H groups in total. The molecule has 3 aromatic rings. The lowest BCUT2D eigenvalue weighted by Crippen LogP contribution is -2.31. The molecule has 2 aromatic heterocycles. The van der Waals surface area contributed by atoms with Gasteiger partial charge < -0.3 is 9.26 Å². The number of carbonyl (C=O) groups is 1. The van der Waals surface area contributed by atoms with Gasteiger partial charge in [-0.15, -0.1) is 15.7 Å². The highest BCUT2D eigenvalue weighted by atomic mass is 32.2. The molecule has 0 spiro atoms. The third kappa shape index (κ3) is 4.31. The molecule has 3 heterocycles.